The van der Waals surface area contributed by atoms with Gasteiger partial charge in [0.2, 0.25) is 10.0 Å². The van der Waals surface area contributed by atoms with Gasteiger partial charge in [0.1, 0.15) is 6.04 Å². The van der Waals surface area contributed by atoms with Crippen LogP contribution in [0, 0.1) is 6.92 Å². The molecule has 0 heterocycles. The number of hydrogen-bond donors (Lipinski definition) is 2. The molecule has 1 unspecified atom stereocenters. The SMILES string of the molecule is CCCCC(NS(=O)(=O)c1ccc(C(=O)OC)c(C)c1)C(=O)O. The van der Waals surface area contributed by atoms with E-state index >= 15 is 0 Å². The molecule has 1 rings (SSSR count). The third kappa shape index (κ3) is 5.04. The molecule has 1 aromatic carbocycles. The summed E-state index contributed by atoms with van der Waals surface area (Å²) in [5, 5.41) is 9.13. The monoisotopic (exact) mass is 343 g/mol. The van der Waals surface area contributed by atoms with Gasteiger partial charge in [-0.25, -0.2) is 13.2 Å². The summed E-state index contributed by atoms with van der Waals surface area (Å²) in [6, 6.07) is 2.73. The second kappa shape index (κ2) is 8.07. The van der Waals surface area contributed by atoms with Crippen LogP contribution >= 0.6 is 0 Å². The Balaban J connectivity index is 3.06. The first kappa shape index (κ1) is 19.1. The summed E-state index contributed by atoms with van der Waals surface area (Å²) in [5.74, 6) is -1.78. The quantitative estimate of drug-likeness (QED) is 0.695. The van der Waals surface area contributed by atoms with E-state index in [1.165, 1.54) is 25.3 Å². The fourth-order valence-corrected chi connectivity index (χ4v) is 3.35. The lowest BCUT2D eigenvalue weighted by molar-refractivity contribution is -0.139. The minimum atomic E-state index is -3.99. The number of carbonyl (C=O) groups is 2. The van der Waals surface area contributed by atoms with E-state index in [4.69, 9.17) is 5.11 Å². The summed E-state index contributed by atoms with van der Waals surface area (Å²) in [5.41, 5.74) is 0.687. The van der Waals surface area contributed by atoms with Crippen molar-refractivity contribution in [2.75, 3.05) is 7.11 Å². The van der Waals surface area contributed by atoms with Crippen LogP contribution in [0.25, 0.3) is 0 Å². The zero-order valence-corrected chi connectivity index (χ0v) is 14.1. The fourth-order valence-electron chi connectivity index (χ4n) is 2.04. The van der Waals surface area contributed by atoms with Crippen LogP contribution in [0.4, 0.5) is 0 Å². The predicted molar refractivity (Wildman–Crippen MR) is 83.8 cm³/mol. The lowest BCUT2D eigenvalue weighted by atomic mass is 10.1. The standard InChI is InChI=1S/C15H21NO6S/c1-4-5-6-13(14(17)18)16-23(20,21)11-7-8-12(10(2)9-11)15(19)22-3/h7-9,13,16H,4-6H2,1-3H3,(H,17,18). The zero-order chi connectivity index (χ0) is 17.6. The molecule has 0 saturated carbocycles. The van der Waals surface area contributed by atoms with Crippen molar-refractivity contribution >= 4 is 22.0 Å². The first-order chi connectivity index (χ1) is 10.7. The van der Waals surface area contributed by atoms with Crippen LogP contribution in [0.2, 0.25) is 0 Å². The largest absolute Gasteiger partial charge is 0.480 e. The topological polar surface area (TPSA) is 110 Å². The molecule has 7 nitrogen and oxygen atoms in total. The highest BCUT2D eigenvalue weighted by Crippen LogP contribution is 2.17. The van der Waals surface area contributed by atoms with Gasteiger partial charge in [0.25, 0.3) is 0 Å². The first-order valence-corrected chi connectivity index (χ1v) is 8.65. The van der Waals surface area contributed by atoms with Gasteiger partial charge in [-0.1, -0.05) is 19.8 Å². The average Bonchev–Trinajstić information content (AvgIpc) is 2.50. The number of ether oxygens (including phenoxy) is 1. The van der Waals surface area contributed by atoms with Crippen molar-refractivity contribution in [3.8, 4) is 0 Å². The Morgan fingerprint density at radius 1 is 1.35 bits per heavy atom. The number of benzene rings is 1. The van der Waals surface area contributed by atoms with Gasteiger partial charge in [-0.3, -0.25) is 4.79 Å². The van der Waals surface area contributed by atoms with Crippen molar-refractivity contribution in [2.45, 2.75) is 44.0 Å². The van der Waals surface area contributed by atoms with Crippen LogP contribution in [-0.4, -0.2) is 38.6 Å². The summed E-state index contributed by atoms with van der Waals surface area (Å²) in [6.45, 7) is 3.47. The lowest BCUT2D eigenvalue weighted by Crippen LogP contribution is -2.40. The van der Waals surface area contributed by atoms with Gasteiger partial charge in [0.05, 0.1) is 17.6 Å². The number of unbranched alkanes of at least 4 members (excludes halogenated alkanes) is 1. The zero-order valence-electron chi connectivity index (χ0n) is 13.3. The normalized spacial score (nSPS) is 12.7. The number of hydrogen-bond acceptors (Lipinski definition) is 5. The van der Waals surface area contributed by atoms with Crippen molar-refractivity contribution in [1.29, 1.82) is 0 Å². The molecule has 0 aromatic heterocycles. The molecule has 0 fully saturated rings. The second-order valence-corrected chi connectivity index (χ2v) is 6.84. The van der Waals surface area contributed by atoms with Crippen LogP contribution in [-0.2, 0) is 19.6 Å². The molecule has 23 heavy (non-hydrogen) atoms. The van der Waals surface area contributed by atoms with Gasteiger partial charge in [-0.2, -0.15) is 4.72 Å². The average molecular weight is 343 g/mol. The summed E-state index contributed by atoms with van der Waals surface area (Å²) in [7, 11) is -2.75. The Morgan fingerprint density at radius 3 is 2.48 bits per heavy atom. The van der Waals surface area contributed by atoms with Crippen LogP contribution < -0.4 is 4.72 Å². The molecule has 0 aliphatic rings. The summed E-state index contributed by atoms with van der Waals surface area (Å²) < 4.78 is 31.4. The van der Waals surface area contributed by atoms with Gasteiger partial charge in [0.15, 0.2) is 0 Å². The molecule has 0 saturated heterocycles. The van der Waals surface area contributed by atoms with Crippen molar-refractivity contribution in [3.63, 3.8) is 0 Å². The van der Waals surface area contributed by atoms with E-state index in [9.17, 15) is 18.0 Å². The molecule has 0 aliphatic carbocycles. The Labute approximate surface area is 135 Å². The molecule has 0 spiro atoms. The predicted octanol–water partition coefficient (Wildman–Crippen LogP) is 1.70. The highest BCUT2D eigenvalue weighted by Gasteiger charge is 2.25. The molecule has 128 valence electrons. The van der Waals surface area contributed by atoms with E-state index in [0.717, 1.165) is 6.42 Å². The number of rotatable bonds is 8. The molecule has 2 N–H and O–H groups in total. The van der Waals surface area contributed by atoms with E-state index in [1.807, 2.05) is 6.92 Å². The highest BCUT2D eigenvalue weighted by atomic mass is 32.2. The van der Waals surface area contributed by atoms with Gasteiger partial charge >= 0.3 is 11.9 Å². The minimum Gasteiger partial charge on any atom is -0.480 e. The maximum Gasteiger partial charge on any atom is 0.338 e. The second-order valence-electron chi connectivity index (χ2n) is 5.12. The lowest BCUT2D eigenvalue weighted by Gasteiger charge is -2.15. The van der Waals surface area contributed by atoms with Crippen molar-refractivity contribution in [1.82, 2.24) is 4.72 Å². The number of carboxylic acid groups (broad SMARTS) is 1. The highest BCUT2D eigenvalue weighted by molar-refractivity contribution is 7.89. The van der Waals surface area contributed by atoms with E-state index in [0.29, 0.717) is 12.0 Å². The van der Waals surface area contributed by atoms with Crippen molar-refractivity contribution in [3.05, 3.63) is 29.3 Å². The van der Waals surface area contributed by atoms with Crippen LogP contribution in [0.5, 0.6) is 0 Å². The number of methoxy groups -OCH3 is 1. The molecule has 0 bridgehead atoms. The van der Waals surface area contributed by atoms with E-state index < -0.39 is 28.0 Å². The molecule has 0 aliphatic heterocycles. The minimum absolute atomic E-state index is 0.0922. The maximum atomic E-state index is 12.3. The number of aliphatic carboxylic acids is 1. The molecular formula is C15H21NO6S. The number of carboxylic acids is 1. The Morgan fingerprint density at radius 2 is 2.00 bits per heavy atom. The molecule has 8 heteroatoms. The van der Waals surface area contributed by atoms with Gasteiger partial charge in [-0.05, 0) is 37.1 Å². The molecule has 0 radical (unpaired) electrons. The van der Waals surface area contributed by atoms with E-state index in [-0.39, 0.29) is 16.9 Å². The Bertz CT molecular complexity index is 683. The first-order valence-electron chi connectivity index (χ1n) is 7.17. The van der Waals surface area contributed by atoms with Crippen molar-refractivity contribution in [2.24, 2.45) is 0 Å². The number of carbonyl (C=O) groups excluding carboxylic acids is 1. The third-order valence-electron chi connectivity index (χ3n) is 3.36. The third-order valence-corrected chi connectivity index (χ3v) is 4.82. The maximum absolute atomic E-state index is 12.3. The van der Waals surface area contributed by atoms with Crippen LogP contribution in [0.1, 0.15) is 42.1 Å². The van der Waals surface area contributed by atoms with Crippen molar-refractivity contribution < 1.29 is 27.9 Å². The summed E-state index contributed by atoms with van der Waals surface area (Å²) in [4.78, 5) is 22.6. The Kier molecular flexibility index (Phi) is 6.71. The van der Waals surface area contributed by atoms with Crippen LogP contribution in [0.15, 0.2) is 23.1 Å². The van der Waals surface area contributed by atoms with E-state index in [1.54, 1.807) is 6.92 Å². The number of nitrogens with one attached hydrogen (secondary N) is 1. The summed E-state index contributed by atoms with van der Waals surface area (Å²) in [6.07, 6.45) is 1.57. The Hall–Kier alpha value is -1.93. The number of sulfonamides is 1. The number of aryl methyl sites for hydroxylation is 1. The van der Waals surface area contributed by atoms with E-state index in [2.05, 4.69) is 9.46 Å². The molecule has 1 atom stereocenters. The molecule has 0 amide bonds. The molecule has 1 aromatic rings. The van der Waals surface area contributed by atoms with Gasteiger partial charge in [0, 0.05) is 0 Å². The summed E-state index contributed by atoms with van der Waals surface area (Å²) >= 11 is 0. The van der Waals surface area contributed by atoms with Gasteiger partial charge < -0.3 is 9.84 Å². The molecular weight excluding hydrogens is 322 g/mol. The fraction of sp³-hybridized carbons (Fsp3) is 0.467. The van der Waals surface area contributed by atoms with Crippen LogP contribution in [0.3, 0.4) is 0 Å². The smallest absolute Gasteiger partial charge is 0.338 e. The van der Waals surface area contributed by atoms with Gasteiger partial charge in [-0.15, -0.1) is 0 Å². The number of esters is 1.